The molecule has 0 aromatic heterocycles. The molecule has 4 heteroatoms. The molecule has 0 unspecified atom stereocenters. The molecule has 0 aliphatic carbocycles. The maximum atomic E-state index is 6.10. The number of halogens is 3. The molecule has 0 aliphatic heterocycles. The first kappa shape index (κ1) is 13.9. The summed E-state index contributed by atoms with van der Waals surface area (Å²) >= 11 is 13.1. The number of alkyl halides is 1. The van der Waals surface area contributed by atoms with Crippen molar-refractivity contribution in [1.82, 2.24) is 0 Å². The maximum Gasteiger partial charge on any atom is 0.138 e. The number of benzene rings is 2. The average molecular weight is 391 g/mol. The van der Waals surface area contributed by atoms with Crippen LogP contribution in [0.1, 0.15) is 11.1 Å². The van der Waals surface area contributed by atoms with Crippen LogP contribution in [0.15, 0.2) is 46.9 Å². The lowest BCUT2D eigenvalue weighted by Gasteiger charge is -2.12. The van der Waals surface area contributed by atoms with Crippen LogP contribution in [0.5, 0.6) is 5.75 Å². The van der Waals surface area contributed by atoms with Gasteiger partial charge in [0.05, 0.1) is 4.47 Å². The van der Waals surface area contributed by atoms with Crippen LogP contribution < -0.4 is 4.74 Å². The van der Waals surface area contributed by atoms with E-state index in [-0.39, 0.29) is 0 Å². The quantitative estimate of drug-likeness (QED) is 0.620. The van der Waals surface area contributed by atoms with Gasteiger partial charge in [-0.1, -0.05) is 57.9 Å². The van der Waals surface area contributed by atoms with Gasteiger partial charge in [-0.2, -0.15) is 0 Å². The fourth-order valence-corrected chi connectivity index (χ4v) is 2.74. The Hall–Kier alpha value is -0.510. The Morgan fingerprint density at radius 2 is 1.72 bits per heavy atom. The van der Waals surface area contributed by atoms with Crippen molar-refractivity contribution in [3.05, 3.63) is 63.1 Å². The zero-order valence-corrected chi connectivity index (χ0v) is 13.4. The van der Waals surface area contributed by atoms with E-state index in [2.05, 4.69) is 31.9 Å². The van der Waals surface area contributed by atoms with Gasteiger partial charge in [-0.3, -0.25) is 0 Å². The Labute approximate surface area is 128 Å². The van der Waals surface area contributed by atoms with Gasteiger partial charge in [-0.15, -0.1) is 0 Å². The van der Waals surface area contributed by atoms with Gasteiger partial charge in [0.2, 0.25) is 0 Å². The molecule has 0 spiro atoms. The maximum absolute atomic E-state index is 6.10. The predicted octanol–water partition coefficient (Wildman–Crippen LogP) is 5.58. The van der Waals surface area contributed by atoms with E-state index >= 15 is 0 Å². The standard InChI is InChI=1S/C14H11Br2ClO/c15-8-10-5-3-6-12(16)14(10)18-9-11-4-1-2-7-13(11)17/h1-7H,8-9H2. The average Bonchev–Trinajstić information content (AvgIpc) is 2.39. The molecule has 0 fully saturated rings. The summed E-state index contributed by atoms with van der Waals surface area (Å²) in [6.07, 6.45) is 0. The fraction of sp³-hybridized carbons (Fsp3) is 0.143. The van der Waals surface area contributed by atoms with Crippen molar-refractivity contribution in [1.29, 1.82) is 0 Å². The van der Waals surface area contributed by atoms with Gasteiger partial charge in [0.25, 0.3) is 0 Å². The van der Waals surface area contributed by atoms with Gasteiger partial charge >= 0.3 is 0 Å². The highest BCUT2D eigenvalue weighted by Crippen LogP contribution is 2.31. The number of para-hydroxylation sites is 1. The summed E-state index contributed by atoms with van der Waals surface area (Å²) < 4.78 is 6.81. The largest absolute Gasteiger partial charge is 0.487 e. The van der Waals surface area contributed by atoms with Gasteiger partial charge in [0.1, 0.15) is 12.4 Å². The van der Waals surface area contributed by atoms with Gasteiger partial charge < -0.3 is 4.74 Å². The summed E-state index contributed by atoms with van der Waals surface area (Å²) in [7, 11) is 0. The molecular formula is C14H11Br2ClO. The summed E-state index contributed by atoms with van der Waals surface area (Å²) in [5, 5.41) is 1.48. The van der Waals surface area contributed by atoms with Crippen LogP contribution in [0, 0.1) is 0 Å². The third kappa shape index (κ3) is 3.28. The van der Waals surface area contributed by atoms with Gasteiger partial charge in [0.15, 0.2) is 0 Å². The molecule has 2 aromatic carbocycles. The van der Waals surface area contributed by atoms with Crippen LogP contribution in [0.3, 0.4) is 0 Å². The monoisotopic (exact) mass is 388 g/mol. The summed E-state index contributed by atoms with van der Waals surface area (Å²) in [4.78, 5) is 0. The first-order chi connectivity index (χ1) is 8.72. The summed E-state index contributed by atoms with van der Waals surface area (Å²) in [6.45, 7) is 0.461. The Kier molecular flexibility index (Phi) is 5.10. The third-order valence-corrected chi connectivity index (χ3v) is 4.12. The molecule has 0 N–H and O–H groups in total. The molecule has 0 bridgehead atoms. The predicted molar refractivity (Wildman–Crippen MR) is 82.6 cm³/mol. The minimum Gasteiger partial charge on any atom is -0.487 e. The molecule has 2 aromatic rings. The molecule has 2 rings (SSSR count). The van der Waals surface area contributed by atoms with E-state index in [0.717, 1.165) is 31.7 Å². The lowest BCUT2D eigenvalue weighted by Crippen LogP contribution is -1.99. The van der Waals surface area contributed by atoms with Crippen molar-refractivity contribution in [3.8, 4) is 5.75 Å². The highest BCUT2D eigenvalue weighted by molar-refractivity contribution is 9.10. The number of ether oxygens (including phenoxy) is 1. The minimum atomic E-state index is 0.461. The van der Waals surface area contributed by atoms with E-state index in [0.29, 0.717) is 6.61 Å². The van der Waals surface area contributed by atoms with E-state index in [1.165, 1.54) is 0 Å². The van der Waals surface area contributed by atoms with Crippen molar-refractivity contribution in [2.45, 2.75) is 11.9 Å². The van der Waals surface area contributed by atoms with Crippen LogP contribution in [-0.2, 0) is 11.9 Å². The van der Waals surface area contributed by atoms with Gasteiger partial charge in [-0.05, 0) is 28.1 Å². The van der Waals surface area contributed by atoms with E-state index in [1.54, 1.807) is 0 Å². The second-order valence-corrected chi connectivity index (χ2v) is 5.56. The lowest BCUT2D eigenvalue weighted by atomic mass is 10.2. The van der Waals surface area contributed by atoms with E-state index < -0.39 is 0 Å². The number of hydrogen-bond donors (Lipinski definition) is 0. The summed E-state index contributed by atoms with van der Waals surface area (Å²) in [6, 6.07) is 13.7. The van der Waals surface area contributed by atoms with Crippen molar-refractivity contribution < 1.29 is 4.74 Å². The van der Waals surface area contributed by atoms with E-state index in [9.17, 15) is 0 Å². The van der Waals surface area contributed by atoms with Crippen molar-refractivity contribution in [3.63, 3.8) is 0 Å². The van der Waals surface area contributed by atoms with Crippen LogP contribution in [0.2, 0.25) is 5.02 Å². The van der Waals surface area contributed by atoms with Gasteiger partial charge in [-0.25, -0.2) is 0 Å². The summed E-state index contributed by atoms with van der Waals surface area (Å²) in [5.41, 5.74) is 2.09. The molecule has 0 radical (unpaired) electrons. The first-order valence-corrected chi connectivity index (χ1v) is 7.71. The molecule has 0 aliphatic rings. The minimum absolute atomic E-state index is 0.461. The highest BCUT2D eigenvalue weighted by atomic mass is 79.9. The molecular weight excluding hydrogens is 379 g/mol. The molecule has 1 nitrogen and oxygen atoms in total. The Bertz CT molecular complexity index is 543. The molecule has 0 saturated heterocycles. The first-order valence-electron chi connectivity index (χ1n) is 5.42. The van der Waals surface area contributed by atoms with Crippen LogP contribution >= 0.6 is 43.5 Å². The van der Waals surface area contributed by atoms with Crippen LogP contribution in [-0.4, -0.2) is 0 Å². The molecule has 0 amide bonds. The molecule has 0 saturated carbocycles. The van der Waals surface area contributed by atoms with Crippen molar-refractivity contribution >= 4 is 43.5 Å². The lowest BCUT2D eigenvalue weighted by molar-refractivity contribution is 0.302. The zero-order valence-electron chi connectivity index (χ0n) is 9.50. The van der Waals surface area contributed by atoms with E-state index in [4.69, 9.17) is 16.3 Å². The topological polar surface area (TPSA) is 9.23 Å². The number of hydrogen-bond acceptors (Lipinski definition) is 1. The Balaban J connectivity index is 2.18. The smallest absolute Gasteiger partial charge is 0.138 e. The van der Waals surface area contributed by atoms with Gasteiger partial charge in [0, 0.05) is 21.5 Å². The van der Waals surface area contributed by atoms with E-state index in [1.807, 2.05) is 42.5 Å². The second-order valence-electron chi connectivity index (χ2n) is 3.74. The number of rotatable bonds is 4. The Morgan fingerprint density at radius 1 is 1.00 bits per heavy atom. The summed E-state index contributed by atoms with van der Waals surface area (Å²) in [5.74, 6) is 0.856. The normalized spacial score (nSPS) is 10.4. The Morgan fingerprint density at radius 3 is 2.44 bits per heavy atom. The van der Waals surface area contributed by atoms with Crippen molar-refractivity contribution in [2.75, 3.05) is 0 Å². The highest BCUT2D eigenvalue weighted by Gasteiger charge is 2.08. The van der Waals surface area contributed by atoms with Crippen molar-refractivity contribution in [2.24, 2.45) is 0 Å². The molecule has 0 heterocycles. The zero-order chi connectivity index (χ0) is 13.0. The molecule has 18 heavy (non-hydrogen) atoms. The second kappa shape index (κ2) is 6.60. The molecule has 94 valence electrons. The third-order valence-electron chi connectivity index (χ3n) is 2.52. The molecule has 0 atom stereocenters. The fourth-order valence-electron chi connectivity index (χ4n) is 1.59. The van der Waals surface area contributed by atoms with Crippen LogP contribution in [0.25, 0.3) is 0 Å². The van der Waals surface area contributed by atoms with Crippen LogP contribution in [0.4, 0.5) is 0 Å². The SMILES string of the molecule is Clc1ccccc1COc1c(Br)cccc1CBr.